The molecular weight excluding hydrogens is 316 g/mol. The monoisotopic (exact) mass is 346 g/mol. The number of hydrogen-bond acceptors (Lipinski definition) is 4. The van der Waals surface area contributed by atoms with Gasteiger partial charge in [-0.3, -0.25) is 14.5 Å². The minimum Gasteiger partial charge on any atom is -0.378 e. The Morgan fingerprint density at radius 2 is 1.84 bits per heavy atom. The van der Waals surface area contributed by atoms with Crippen LogP contribution in [-0.2, 0) is 16.0 Å². The molecule has 0 radical (unpaired) electrons. The summed E-state index contributed by atoms with van der Waals surface area (Å²) in [5, 5.41) is 3.13. The molecule has 1 fully saturated rings. The quantitative estimate of drug-likeness (QED) is 0.772. The lowest BCUT2D eigenvalue weighted by Crippen LogP contribution is -2.45. The first-order valence-corrected chi connectivity index (χ1v) is 8.92. The molecule has 25 heavy (non-hydrogen) atoms. The molecule has 1 aromatic rings. The highest BCUT2D eigenvalue weighted by Crippen LogP contribution is 2.18. The third-order valence-corrected chi connectivity index (χ3v) is 4.72. The first kappa shape index (κ1) is 19.2. The zero-order chi connectivity index (χ0) is 18.4. The third-order valence-electron chi connectivity index (χ3n) is 4.72. The van der Waals surface area contributed by atoms with Crippen LogP contribution in [0.5, 0.6) is 0 Å². The number of nitrogens with zero attached hydrogens (tertiary/aromatic N) is 2. The van der Waals surface area contributed by atoms with Gasteiger partial charge in [0.15, 0.2) is 0 Å². The standard InChI is InChI=1S/C19H30N4O2/c1-14(12-15-4-6-17(7-5-15)22(2)3)21-19(25)16-8-10-23(11-9-16)13-18(20)24/h4-7,14,16H,8-13H2,1-3H3,(H2,20,24)(H,21,25)/t14-/m0/s1. The Hall–Kier alpha value is -2.08. The predicted octanol–water partition coefficient (Wildman–Crippen LogP) is 0.997. The molecule has 0 unspecified atom stereocenters. The lowest BCUT2D eigenvalue weighted by Gasteiger charge is -2.31. The molecule has 0 aliphatic carbocycles. The van der Waals surface area contributed by atoms with Crippen molar-refractivity contribution in [3.63, 3.8) is 0 Å². The van der Waals surface area contributed by atoms with Crippen LogP contribution in [0.4, 0.5) is 5.69 Å². The largest absolute Gasteiger partial charge is 0.378 e. The Morgan fingerprint density at radius 1 is 1.24 bits per heavy atom. The van der Waals surface area contributed by atoms with Crippen LogP contribution in [0.25, 0.3) is 0 Å². The highest BCUT2D eigenvalue weighted by Gasteiger charge is 2.26. The molecule has 1 atom stereocenters. The molecule has 0 saturated carbocycles. The number of nitrogens with two attached hydrogens (primary N) is 1. The summed E-state index contributed by atoms with van der Waals surface area (Å²) in [5.41, 5.74) is 7.61. The van der Waals surface area contributed by atoms with E-state index in [1.54, 1.807) is 0 Å². The molecule has 1 saturated heterocycles. The number of carbonyl (C=O) groups is 2. The zero-order valence-corrected chi connectivity index (χ0v) is 15.5. The highest BCUT2D eigenvalue weighted by atomic mass is 16.2. The summed E-state index contributed by atoms with van der Waals surface area (Å²) < 4.78 is 0. The van der Waals surface area contributed by atoms with E-state index in [2.05, 4.69) is 34.5 Å². The molecule has 3 N–H and O–H groups in total. The summed E-state index contributed by atoms with van der Waals surface area (Å²) in [6.45, 7) is 3.83. The summed E-state index contributed by atoms with van der Waals surface area (Å²) >= 11 is 0. The van der Waals surface area contributed by atoms with Crippen molar-refractivity contribution < 1.29 is 9.59 Å². The number of rotatable bonds is 7. The van der Waals surface area contributed by atoms with E-state index in [1.165, 1.54) is 11.3 Å². The van der Waals surface area contributed by atoms with Crippen LogP contribution in [0, 0.1) is 5.92 Å². The summed E-state index contributed by atoms with van der Waals surface area (Å²) in [7, 11) is 4.04. The highest BCUT2D eigenvalue weighted by molar-refractivity contribution is 5.79. The van der Waals surface area contributed by atoms with Crippen molar-refractivity contribution in [1.82, 2.24) is 10.2 Å². The number of carbonyl (C=O) groups excluding carboxylic acids is 2. The van der Waals surface area contributed by atoms with Gasteiger partial charge in [-0.05, 0) is 57.0 Å². The number of nitrogens with one attached hydrogen (secondary N) is 1. The van der Waals surface area contributed by atoms with Crippen LogP contribution in [0.1, 0.15) is 25.3 Å². The Morgan fingerprint density at radius 3 is 2.36 bits per heavy atom. The number of anilines is 1. The lowest BCUT2D eigenvalue weighted by molar-refractivity contribution is -0.127. The minimum atomic E-state index is -0.309. The fourth-order valence-electron chi connectivity index (χ4n) is 3.27. The van der Waals surface area contributed by atoms with E-state index in [0.717, 1.165) is 32.4 Å². The topological polar surface area (TPSA) is 78.7 Å². The second-order valence-electron chi connectivity index (χ2n) is 7.19. The number of amides is 2. The molecule has 0 spiro atoms. The Labute approximate surface area is 150 Å². The van der Waals surface area contributed by atoms with Crippen LogP contribution in [0.3, 0.4) is 0 Å². The van der Waals surface area contributed by atoms with E-state index in [0.29, 0.717) is 0 Å². The molecule has 6 heteroatoms. The van der Waals surface area contributed by atoms with E-state index < -0.39 is 0 Å². The number of benzene rings is 1. The first-order chi connectivity index (χ1) is 11.8. The SMILES string of the molecule is C[C@@H](Cc1ccc(N(C)C)cc1)NC(=O)C1CCN(CC(N)=O)CC1. The van der Waals surface area contributed by atoms with E-state index in [1.807, 2.05) is 25.9 Å². The number of piperidine rings is 1. The number of primary amides is 1. The van der Waals surface area contributed by atoms with Gasteiger partial charge in [0.2, 0.25) is 11.8 Å². The molecule has 0 bridgehead atoms. The van der Waals surface area contributed by atoms with Crippen molar-refractivity contribution in [3.05, 3.63) is 29.8 Å². The summed E-state index contributed by atoms with van der Waals surface area (Å²) in [6.07, 6.45) is 2.38. The average molecular weight is 346 g/mol. The molecular formula is C19H30N4O2. The van der Waals surface area contributed by atoms with Gasteiger partial charge in [-0.2, -0.15) is 0 Å². The van der Waals surface area contributed by atoms with Gasteiger partial charge in [0.05, 0.1) is 6.54 Å². The van der Waals surface area contributed by atoms with Gasteiger partial charge in [0, 0.05) is 31.7 Å². The lowest BCUT2D eigenvalue weighted by atomic mass is 9.95. The zero-order valence-electron chi connectivity index (χ0n) is 15.5. The molecule has 1 aliphatic rings. The molecule has 1 aliphatic heterocycles. The van der Waals surface area contributed by atoms with Crippen LogP contribution in [-0.4, -0.2) is 56.5 Å². The average Bonchev–Trinajstić information content (AvgIpc) is 2.55. The summed E-state index contributed by atoms with van der Waals surface area (Å²) in [5.74, 6) is -0.157. The second kappa shape index (κ2) is 8.85. The predicted molar refractivity (Wildman–Crippen MR) is 100 cm³/mol. The maximum atomic E-state index is 12.4. The van der Waals surface area contributed by atoms with Gasteiger partial charge >= 0.3 is 0 Å². The second-order valence-corrected chi connectivity index (χ2v) is 7.19. The molecule has 6 nitrogen and oxygen atoms in total. The first-order valence-electron chi connectivity index (χ1n) is 8.92. The molecule has 0 aromatic heterocycles. The van der Waals surface area contributed by atoms with Gasteiger partial charge < -0.3 is 16.0 Å². The number of hydrogen-bond donors (Lipinski definition) is 2. The maximum Gasteiger partial charge on any atom is 0.231 e. The Bertz CT molecular complexity index is 578. The van der Waals surface area contributed by atoms with E-state index in [-0.39, 0.29) is 30.3 Å². The molecule has 1 aromatic carbocycles. The van der Waals surface area contributed by atoms with Crippen molar-refractivity contribution in [3.8, 4) is 0 Å². The van der Waals surface area contributed by atoms with E-state index in [9.17, 15) is 9.59 Å². The maximum absolute atomic E-state index is 12.4. The van der Waals surface area contributed by atoms with Crippen molar-refractivity contribution in [2.24, 2.45) is 11.7 Å². The minimum absolute atomic E-state index is 0.0303. The van der Waals surface area contributed by atoms with Crippen molar-refractivity contribution in [2.75, 3.05) is 38.6 Å². The van der Waals surface area contributed by atoms with Gasteiger partial charge in [0.25, 0.3) is 0 Å². The van der Waals surface area contributed by atoms with Gasteiger partial charge in [-0.25, -0.2) is 0 Å². The van der Waals surface area contributed by atoms with Crippen LogP contribution < -0.4 is 16.0 Å². The Kier molecular flexibility index (Phi) is 6.82. The van der Waals surface area contributed by atoms with E-state index >= 15 is 0 Å². The van der Waals surface area contributed by atoms with Crippen molar-refractivity contribution in [2.45, 2.75) is 32.2 Å². The fraction of sp³-hybridized carbons (Fsp3) is 0.579. The Balaban J connectivity index is 1.77. The molecule has 2 amide bonds. The number of likely N-dealkylation sites (tertiary alicyclic amines) is 1. The van der Waals surface area contributed by atoms with Crippen molar-refractivity contribution >= 4 is 17.5 Å². The normalized spacial score (nSPS) is 17.1. The molecule has 138 valence electrons. The summed E-state index contributed by atoms with van der Waals surface area (Å²) in [6, 6.07) is 8.51. The summed E-state index contributed by atoms with van der Waals surface area (Å²) in [4.78, 5) is 27.5. The van der Waals surface area contributed by atoms with Crippen molar-refractivity contribution in [1.29, 1.82) is 0 Å². The van der Waals surface area contributed by atoms with Gasteiger partial charge in [-0.1, -0.05) is 12.1 Å². The van der Waals surface area contributed by atoms with Gasteiger partial charge in [-0.15, -0.1) is 0 Å². The smallest absolute Gasteiger partial charge is 0.231 e. The van der Waals surface area contributed by atoms with E-state index in [4.69, 9.17) is 5.73 Å². The molecule has 1 heterocycles. The molecule has 2 rings (SSSR count). The van der Waals surface area contributed by atoms with Gasteiger partial charge in [0.1, 0.15) is 0 Å². The fourth-order valence-corrected chi connectivity index (χ4v) is 3.27. The van der Waals surface area contributed by atoms with Crippen LogP contribution in [0.2, 0.25) is 0 Å². The van der Waals surface area contributed by atoms with Crippen LogP contribution >= 0.6 is 0 Å². The van der Waals surface area contributed by atoms with Crippen LogP contribution in [0.15, 0.2) is 24.3 Å². The third kappa shape index (κ3) is 6.05.